The van der Waals surface area contributed by atoms with Gasteiger partial charge in [0.1, 0.15) is 5.58 Å². The van der Waals surface area contributed by atoms with E-state index in [0.717, 1.165) is 36.9 Å². The summed E-state index contributed by atoms with van der Waals surface area (Å²) in [7, 11) is 0. The highest BCUT2D eigenvalue weighted by Crippen LogP contribution is 2.63. The normalized spacial score (nSPS) is 21.5. The molecule has 2 aliphatic carbocycles. The molecule has 4 heteroatoms. The highest BCUT2D eigenvalue weighted by molar-refractivity contribution is 7.00. The predicted octanol–water partition coefficient (Wildman–Crippen LogP) is 15.4. The monoisotopic (exact) mass is 887 g/mol. The minimum atomic E-state index is -0.134. The van der Waals surface area contributed by atoms with Gasteiger partial charge in [-0.1, -0.05) is 171 Å². The Balaban J connectivity index is 1.21. The van der Waals surface area contributed by atoms with Crippen molar-refractivity contribution in [2.75, 3.05) is 9.80 Å². The van der Waals surface area contributed by atoms with E-state index in [9.17, 15) is 0 Å². The Labute approximate surface area is 404 Å². The molecule has 0 radical (unpaired) electrons. The third-order valence-corrected chi connectivity index (χ3v) is 18.0. The van der Waals surface area contributed by atoms with Gasteiger partial charge < -0.3 is 14.2 Å². The van der Waals surface area contributed by atoms with Gasteiger partial charge in [0.25, 0.3) is 6.71 Å². The lowest BCUT2D eigenvalue weighted by molar-refractivity contribution is 0.195. The van der Waals surface area contributed by atoms with Crippen molar-refractivity contribution >= 4 is 62.7 Å². The summed E-state index contributed by atoms with van der Waals surface area (Å²) in [6.45, 7) is 21.9. The van der Waals surface area contributed by atoms with Crippen LogP contribution in [-0.2, 0) is 21.7 Å². The van der Waals surface area contributed by atoms with Crippen molar-refractivity contribution in [1.82, 2.24) is 0 Å². The molecule has 0 spiro atoms. The summed E-state index contributed by atoms with van der Waals surface area (Å²) in [6.07, 6.45) is 7.06. The second-order valence-corrected chi connectivity index (χ2v) is 23.9. The first-order valence-electron chi connectivity index (χ1n) is 25.5. The number of nitrogens with zero attached hydrogens (tertiary/aromatic N) is 2. The minimum absolute atomic E-state index is 0.0230. The van der Waals surface area contributed by atoms with E-state index >= 15 is 0 Å². The number of hydrogen-bond donors (Lipinski definition) is 0. The quantitative estimate of drug-likeness (QED) is 0.164. The summed E-state index contributed by atoms with van der Waals surface area (Å²) >= 11 is 0. The van der Waals surface area contributed by atoms with Crippen LogP contribution in [0.15, 0.2) is 150 Å². The molecule has 0 saturated heterocycles. The molecule has 1 saturated carbocycles. The molecule has 7 aromatic carbocycles. The van der Waals surface area contributed by atoms with Crippen LogP contribution in [0.4, 0.5) is 28.4 Å². The van der Waals surface area contributed by atoms with Gasteiger partial charge in [0, 0.05) is 33.4 Å². The SMILES string of the molecule is CC(C)(C)c1ccc(N2c3cc(-c4ccccc4)cc4c3B(c3cc(-c5ccccc5)cc5c3N4C3(C)CCCCC53C)c3oc4cc5c(cc4c32)C(C)(C)CCC5(C)C)c(-c2ccccc2)c1. The standard InChI is InChI=1S/C64H63BN2O/c1-60(2,3)45-27-28-52(46(37-45)42-25-17-12-18-26-42)66-53-35-44(41-23-15-11-16-24-41)36-54-56(53)65(59-57(66)47-38-48-49(39-55(47)68-59)62(6,7)32-31-61(48,4)5)51-34-43(40-21-13-10-14-22-40)33-50-58(51)67(54)64(9)30-20-19-29-63(50,64)8/h10-18,21-28,33-39H,19-20,29-32H2,1-9H3. The number of furan rings is 1. The summed E-state index contributed by atoms with van der Waals surface area (Å²) in [6, 6.07) is 55.9. The largest absolute Gasteiger partial charge is 0.468 e. The first-order valence-corrected chi connectivity index (χ1v) is 25.5. The number of fused-ring (bicyclic) bond motifs is 10. The Hall–Kier alpha value is -6.26. The molecule has 4 heterocycles. The zero-order valence-corrected chi connectivity index (χ0v) is 41.5. The van der Waals surface area contributed by atoms with Gasteiger partial charge in [-0.05, 0) is 152 Å². The number of anilines is 5. The van der Waals surface area contributed by atoms with Gasteiger partial charge in [0.05, 0.1) is 22.6 Å². The maximum Gasteiger partial charge on any atom is 0.297 e. The number of benzene rings is 7. The van der Waals surface area contributed by atoms with E-state index in [0.29, 0.717) is 0 Å². The fourth-order valence-corrected chi connectivity index (χ4v) is 13.8. The molecule has 1 fully saturated rings. The molecule has 1 aromatic heterocycles. The Bertz CT molecular complexity index is 3380. The van der Waals surface area contributed by atoms with Crippen molar-refractivity contribution in [3.05, 3.63) is 168 Å². The van der Waals surface area contributed by atoms with E-state index in [1.165, 1.54) is 113 Å². The van der Waals surface area contributed by atoms with Crippen LogP contribution < -0.4 is 26.4 Å². The van der Waals surface area contributed by atoms with Gasteiger partial charge >= 0.3 is 0 Å². The number of rotatable bonds is 4. The maximum atomic E-state index is 7.76. The zero-order chi connectivity index (χ0) is 46.7. The number of hydrogen-bond acceptors (Lipinski definition) is 3. The zero-order valence-electron chi connectivity index (χ0n) is 41.5. The smallest absolute Gasteiger partial charge is 0.297 e. The molecule has 0 N–H and O–H groups in total. The second kappa shape index (κ2) is 14.2. The minimum Gasteiger partial charge on any atom is -0.468 e. The fourth-order valence-electron chi connectivity index (χ4n) is 13.8. The fraction of sp³-hybridized carbons (Fsp3) is 0.312. The van der Waals surface area contributed by atoms with Crippen molar-refractivity contribution in [3.63, 3.8) is 0 Å². The molecule has 13 rings (SSSR count). The summed E-state index contributed by atoms with van der Waals surface area (Å²) in [5.41, 5.74) is 24.1. The van der Waals surface area contributed by atoms with E-state index in [-0.39, 0.29) is 33.9 Å². The van der Waals surface area contributed by atoms with Crippen LogP contribution in [0.5, 0.6) is 0 Å². The van der Waals surface area contributed by atoms with Gasteiger partial charge in [-0.2, -0.15) is 0 Å². The summed E-state index contributed by atoms with van der Waals surface area (Å²) in [4.78, 5) is 5.53. The van der Waals surface area contributed by atoms with E-state index in [1.807, 2.05) is 0 Å². The van der Waals surface area contributed by atoms with Crippen molar-refractivity contribution in [2.24, 2.45) is 0 Å². The average molecular weight is 887 g/mol. The lowest BCUT2D eigenvalue weighted by atomic mass is 9.35. The van der Waals surface area contributed by atoms with Crippen LogP contribution in [0, 0.1) is 0 Å². The molecular weight excluding hydrogens is 824 g/mol. The van der Waals surface area contributed by atoms with Gasteiger partial charge in [0.2, 0.25) is 0 Å². The van der Waals surface area contributed by atoms with Crippen LogP contribution in [-0.4, -0.2) is 12.3 Å². The van der Waals surface area contributed by atoms with Gasteiger partial charge in [-0.3, -0.25) is 0 Å². The Kier molecular flexibility index (Phi) is 8.72. The van der Waals surface area contributed by atoms with Crippen LogP contribution in [0.2, 0.25) is 0 Å². The van der Waals surface area contributed by atoms with Crippen molar-refractivity contribution in [1.29, 1.82) is 0 Å². The second-order valence-electron chi connectivity index (χ2n) is 23.9. The molecule has 3 nitrogen and oxygen atoms in total. The van der Waals surface area contributed by atoms with Crippen LogP contribution in [0.25, 0.3) is 44.3 Å². The van der Waals surface area contributed by atoms with Crippen molar-refractivity contribution in [2.45, 2.75) is 128 Å². The van der Waals surface area contributed by atoms with Gasteiger partial charge in [-0.15, -0.1) is 0 Å². The molecule has 338 valence electrons. The molecule has 0 amide bonds. The van der Waals surface area contributed by atoms with Crippen LogP contribution in [0.3, 0.4) is 0 Å². The molecule has 2 unspecified atom stereocenters. The maximum absolute atomic E-state index is 7.76. The third-order valence-electron chi connectivity index (χ3n) is 18.0. The summed E-state index contributed by atoms with van der Waals surface area (Å²) < 4.78 is 7.76. The van der Waals surface area contributed by atoms with Crippen molar-refractivity contribution in [3.8, 4) is 33.4 Å². The Morgan fingerprint density at radius 3 is 1.75 bits per heavy atom. The Morgan fingerprint density at radius 1 is 0.515 bits per heavy atom. The predicted molar refractivity (Wildman–Crippen MR) is 289 cm³/mol. The highest BCUT2D eigenvalue weighted by Gasteiger charge is 2.62. The van der Waals surface area contributed by atoms with E-state index in [2.05, 4.69) is 218 Å². The average Bonchev–Trinajstić information content (AvgIpc) is 3.81. The summed E-state index contributed by atoms with van der Waals surface area (Å²) in [5.74, 6) is 0. The molecule has 8 aromatic rings. The highest BCUT2D eigenvalue weighted by atomic mass is 16.3. The molecule has 2 atom stereocenters. The molecular formula is C64H63BN2O. The van der Waals surface area contributed by atoms with Gasteiger partial charge in [0.15, 0.2) is 0 Å². The Morgan fingerprint density at radius 2 is 1.10 bits per heavy atom. The topological polar surface area (TPSA) is 19.6 Å². The molecule has 68 heavy (non-hydrogen) atoms. The first kappa shape index (κ1) is 41.9. The lowest BCUT2D eigenvalue weighted by Crippen LogP contribution is -2.64. The van der Waals surface area contributed by atoms with Crippen molar-refractivity contribution < 1.29 is 4.42 Å². The first-order chi connectivity index (χ1) is 32.6. The van der Waals surface area contributed by atoms with Crippen LogP contribution >= 0.6 is 0 Å². The molecule has 5 aliphatic rings. The van der Waals surface area contributed by atoms with E-state index in [1.54, 1.807) is 0 Å². The van der Waals surface area contributed by atoms with Gasteiger partial charge in [-0.25, -0.2) is 0 Å². The van der Waals surface area contributed by atoms with Crippen LogP contribution in [0.1, 0.15) is 123 Å². The van der Waals surface area contributed by atoms with E-state index < -0.39 is 0 Å². The lowest BCUT2D eigenvalue weighted by Gasteiger charge is -2.52. The van der Waals surface area contributed by atoms with E-state index in [4.69, 9.17) is 4.42 Å². The third kappa shape index (κ3) is 5.73. The summed E-state index contributed by atoms with van der Waals surface area (Å²) in [5, 5.41) is 1.20. The molecule has 0 bridgehead atoms. The molecule has 3 aliphatic heterocycles.